The van der Waals surface area contributed by atoms with E-state index >= 15 is 0 Å². The molecule has 1 aromatic carbocycles. The maximum Gasteiger partial charge on any atom is 0.387 e. The third-order valence-electron chi connectivity index (χ3n) is 2.89. The van der Waals surface area contributed by atoms with Crippen molar-refractivity contribution in [3.63, 3.8) is 0 Å². The number of hydrogen-bond donors (Lipinski definition) is 1. The summed E-state index contributed by atoms with van der Waals surface area (Å²) in [5, 5.41) is 3.29. The van der Waals surface area contributed by atoms with Crippen molar-refractivity contribution >= 4 is 0 Å². The molecule has 4 heteroatoms. The van der Waals surface area contributed by atoms with Crippen LogP contribution in [-0.4, -0.2) is 13.2 Å². The fraction of sp³-hybridized carbons (Fsp3) is 0.500. The fourth-order valence-electron chi connectivity index (χ4n) is 2.15. The molecule has 0 radical (unpaired) electrons. The topological polar surface area (TPSA) is 21.3 Å². The lowest BCUT2D eigenvalue weighted by atomic mass is 10.0. The molecule has 1 unspecified atom stereocenters. The standard InChI is InChI=1S/C12H15F2NO/c1-8-4-2-5-9(10-6-3-7-15-10)11(8)16-12(13)14/h2,4-5,10,12,15H,3,6-7H2,1H3. The van der Waals surface area contributed by atoms with Gasteiger partial charge in [0.1, 0.15) is 5.75 Å². The van der Waals surface area contributed by atoms with E-state index in [4.69, 9.17) is 0 Å². The molecule has 2 nitrogen and oxygen atoms in total. The molecule has 2 rings (SSSR count). The van der Waals surface area contributed by atoms with E-state index in [1.165, 1.54) is 0 Å². The third-order valence-corrected chi connectivity index (χ3v) is 2.89. The van der Waals surface area contributed by atoms with E-state index in [0.717, 1.165) is 30.5 Å². The summed E-state index contributed by atoms with van der Waals surface area (Å²) in [5.74, 6) is 0.330. The van der Waals surface area contributed by atoms with Crippen LogP contribution in [0.4, 0.5) is 8.78 Å². The zero-order valence-corrected chi connectivity index (χ0v) is 9.17. The average molecular weight is 227 g/mol. The molecule has 1 fully saturated rings. The molecule has 1 aromatic rings. The Kier molecular flexibility index (Phi) is 3.39. The summed E-state index contributed by atoms with van der Waals surface area (Å²) in [5.41, 5.74) is 1.60. The molecule has 0 amide bonds. The highest BCUT2D eigenvalue weighted by atomic mass is 19.3. The van der Waals surface area contributed by atoms with Crippen molar-refractivity contribution in [3.8, 4) is 5.75 Å². The molecule has 1 N–H and O–H groups in total. The van der Waals surface area contributed by atoms with Crippen molar-refractivity contribution in [2.24, 2.45) is 0 Å². The smallest absolute Gasteiger partial charge is 0.387 e. The maximum atomic E-state index is 12.3. The monoisotopic (exact) mass is 227 g/mol. The minimum absolute atomic E-state index is 0.147. The number of alkyl halides is 2. The number of aryl methyl sites for hydroxylation is 1. The summed E-state index contributed by atoms with van der Waals surface area (Å²) >= 11 is 0. The summed E-state index contributed by atoms with van der Waals surface area (Å²) < 4.78 is 29.3. The van der Waals surface area contributed by atoms with Gasteiger partial charge in [0, 0.05) is 11.6 Å². The lowest BCUT2D eigenvalue weighted by Gasteiger charge is -2.17. The number of rotatable bonds is 3. The number of ether oxygens (including phenoxy) is 1. The Morgan fingerprint density at radius 3 is 2.88 bits per heavy atom. The van der Waals surface area contributed by atoms with Crippen LogP contribution in [0.5, 0.6) is 5.75 Å². The number of benzene rings is 1. The molecule has 16 heavy (non-hydrogen) atoms. The molecule has 88 valence electrons. The van der Waals surface area contributed by atoms with Crippen LogP contribution in [-0.2, 0) is 0 Å². The maximum absolute atomic E-state index is 12.3. The van der Waals surface area contributed by atoms with Crippen molar-refractivity contribution < 1.29 is 13.5 Å². The number of halogens is 2. The van der Waals surface area contributed by atoms with Gasteiger partial charge in [-0.2, -0.15) is 8.78 Å². The third kappa shape index (κ3) is 2.32. The van der Waals surface area contributed by atoms with Gasteiger partial charge >= 0.3 is 6.61 Å². The Balaban J connectivity index is 2.31. The summed E-state index contributed by atoms with van der Waals surface area (Å²) in [7, 11) is 0. The van der Waals surface area contributed by atoms with Crippen molar-refractivity contribution in [1.29, 1.82) is 0 Å². The van der Waals surface area contributed by atoms with E-state index in [1.807, 2.05) is 12.1 Å². The number of nitrogens with one attached hydrogen (secondary N) is 1. The van der Waals surface area contributed by atoms with Crippen LogP contribution < -0.4 is 10.1 Å². The Morgan fingerprint density at radius 1 is 1.44 bits per heavy atom. The largest absolute Gasteiger partial charge is 0.434 e. The van der Waals surface area contributed by atoms with Crippen LogP contribution in [0, 0.1) is 6.92 Å². The second-order valence-corrected chi connectivity index (χ2v) is 4.02. The van der Waals surface area contributed by atoms with Crippen molar-refractivity contribution in [3.05, 3.63) is 29.3 Å². The minimum Gasteiger partial charge on any atom is -0.434 e. The molecule has 1 aliphatic rings. The molecule has 0 aromatic heterocycles. The Hall–Kier alpha value is -1.16. The highest BCUT2D eigenvalue weighted by molar-refractivity contribution is 5.43. The van der Waals surface area contributed by atoms with Gasteiger partial charge in [-0.1, -0.05) is 18.2 Å². The molecular weight excluding hydrogens is 212 g/mol. The van der Waals surface area contributed by atoms with Crippen molar-refractivity contribution in [2.75, 3.05) is 6.54 Å². The summed E-state index contributed by atoms with van der Waals surface area (Å²) in [6, 6.07) is 5.67. The highest BCUT2D eigenvalue weighted by Crippen LogP contribution is 2.34. The molecule has 1 atom stereocenters. The number of para-hydroxylation sites is 1. The molecule has 1 heterocycles. The summed E-state index contributed by atoms with van der Waals surface area (Å²) in [6.45, 7) is -0.0376. The van der Waals surface area contributed by atoms with Crippen LogP contribution in [0.3, 0.4) is 0 Å². The van der Waals surface area contributed by atoms with Gasteiger partial charge in [-0.15, -0.1) is 0 Å². The van der Waals surface area contributed by atoms with E-state index in [1.54, 1.807) is 13.0 Å². The first-order valence-corrected chi connectivity index (χ1v) is 5.46. The predicted octanol–water partition coefficient (Wildman–Crippen LogP) is 3.02. The molecule has 1 saturated heterocycles. The van der Waals surface area contributed by atoms with Crippen molar-refractivity contribution in [2.45, 2.75) is 32.4 Å². The van der Waals surface area contributed by atoms with E-state index in [2.05, 4.69) is 10.1 Å². The molecule has 0 aliphatic carbocycles. The first kappa shape index (κ1) is 11.3. The quantitative estimate of drug-likeness (QED) is 0.857. The zero-order chi connectivity index (χ0) is 11.5. The average Bonchev–Trinajstić information content (AvgIpc) is 2.73. The second kappa shape index (κ2) is 4.78. The molecule has 1 aliphatic heterocycles. The SMILES string of the molecule is Cc1cccc(C2CCCN2)c1OC(F)F. The van der Waals surface area contributed by atoms with Crippen LogP contribution in [0.1, 0.15) is 30.0 Å². The van der Waals surface area contributed by atoms with E-state index in [0.29, 0.717) is 5.75 Å². The van der Waals surface area contributed by atoms with Gasteiger partial charge in [0.2, 0.25) is 0 Å². The second-order valence-electron chi connectivity index (χ2n) is 4.02. The minimum atomic E-state index is -2.76. The van der Waals surface area contributed by atoms with Crippen molar-refractivity contribution in [1.82, 2.24) is 5.32 Å². The summed E-state index contributed by atoms with van der Waals surface area (Å²) in [6.07, 6.45) is 2.05. The van der Waals surface area contributed by atoms with Crippen LogP contribution in [0.2, 0.25) is 0 Å². The van der Waals surface area contributed by atoms with Gasteiger partial charge in [-0.3, -0.25) is 0 Å². The van der Waals surface area contributed by atoms with Gasteiger partial charge < -0.3 is 10.1 Å². The van der Waals surface area contributed by atoms with Gasteiger partial charge in [0.25, 0.3) is 0 Å². The van der Waals surface area contributed by atoms with Crippen LogP contribution in [0.15, 0.2) is 18.2 Å². The van der Waals surface area contributed by atoms with Gasteiger partial charge in [0.15, 0.2) is 0 Å². The highest BCUT2D eigenvalue weighted by Gasteiger charge is 2.22. The molecule has 0 bridgehead atoms. The Morgan fingerprint density at radius 2 is 2.25 bits per heavy atom. The van der Waals surface area contributed by atoms with Crippen LogP contribution >= 0.6 is 0 Å². The lowest BCUT2D eigenvalue weighted by Crippen LogP contribution is -2.15. The van der Waals surface area contributed by atoms with E-state index in [9.17, 15) is 8.78 Å². The first-order valence-electron chi connectivity index (χ1n) is 5.46. The first-order chi connectivity index (χ1) is 7.68. The number of hydrogen-bond acceptors (Lipinski definition) is 2. The Labute approximate surface area is 93.6 Å². The lowest BCUT2D eigenvalue weighted by molar-refractivity contribution is -0.0511. The molecular formula is C12H15F2NO. The van der Waals surface area contributed by atoms with E-state index < -0.39 is 6.61 Å². The Bertz CT molecular complexity index is 362. The normalized spacial score (nSPS) is 20.4. The van der Waals surface area contributed by atoms with E-state index in [-0.39, 0.29) is 6.04 Å². The van der Waals surface area contributed by atoms with Crippen LogP contribution in [0.25, 0.3) is 0 Å². The predicted molar refractivity (Wildman–Crippen MR) is 57.8 cm³/mol. The molecule has 0 spiro atoms. The fourth-order valence-corrected chi connectivity index (χ4v) is 2.15. The molecule has 0 saturated carbocycles. The van der Waals surface area contributed by atoms with Gasteiger partial charge in [-0.05, 0) is 31.9 Å². The zero-order valence-electron chi connectivity index (χ0n) is 9.17. The van der Waals surface area contributed by atoms with Gasteiger partial charge in [0.05, 0.1) is 0 Å². The summed E-state index contributed by atoms with van der Waals surface area (Å²) in [4.78, 5) is 0. The van der Waals surface area contributed by atoms with Gasteiger partial charge in [-0.25, -0.2) is 0 Å².